The van der Waals surface area contributed by atoms with Gasteiger partial charge in [-0.1, -0.05) is 84.9 Å². The molecular formula is C28H26F4. The normalized spacial score (nSPS) is 11.9. The molecule has 32 heavy (non-hydrogen) atoms. The zero-order valence-electron chi connectivity index (χ0n) is 17.8. The number of allylic oxidation sites excluding steroid dienone is 2. The first-order valence-corrected chi connectivity index (χ1v) is 10.6. The highest BCUT2D eigenvalue weighted by Crippen LogP contribution is 2.49. The van der Waals surface area contributed by atoms with Crippen LogP contribution in [0.15, 0.2) is 98.1 Å². The minimum Gasteiger partial charge on any atom is -0.194 e. The molecule has 3 aromatic carbocycles. The first-order valence-electron chi connectivity index (χ1n) is 10.6. The molecule has 0 aliphatic rings. The van der Waals surface area contributed by atoms with E-state index in [1.165, 1.54) is 24.3 Å². The molecule has 0 saturated carbocycles. The fraction of sp³-hybridized carbons (Fsp3) is 0.214. The van der Waals surface area contributed by atoms with Crippen LogP contribution in [-0.4, -0.2) is 0 Å². The Balaban J connectivity index is 1.80. The van der Waals surface area contributed by atoms with Crippen molar-refractivity contribution in [2.45, 2.75) is 37.5 Å². The smallest absolute Gasteiger partial charge is 0.194 e. The molecule has 0 radical (unpaired) electrons. The van der Waals surface area contributed by atoms with Gasteiger partial charge in [0.25, 0.3) is 0 Å². The Labute approximate surface area is 186 Å². The van der Waals surface area contributed by atoms with Crippen LogP contribution in [-0.2, 0) is 24.7 Å². The zero-order valence-corrected chi connectivity index (χ0v) is 17.8. The topological polar surface area (TPSA) is 0 Å². The highest BCUT2D eigenvalue weighted by molar-refractivity contribution is 5.64. The van der Waals surface area contributed by atoms with E-state index in [9.17, 15) is 17.6 Å². The molecule has 0 amide bonds. The number of hydrogen-bond donors (Lipinski definition) is 0. The molecular weight excluding hydrogens is 412 g/mol. The van der Waals surface area contributed by atoms with E-state index in [-0.39, 0.29) is 0 Å². The minimum atomic E-state index is -4.34. The minimum absolute atomic E-state index is 0.627. The van der Waals surface area contributed by atoms with Gasteiger partial charge in [-0.25, -0.2) is 0 Å². The van der Waals surface area contributed by atoms with Gasteiger partial charge in [-0.3, -0.25) is 0 Å². The highest BCUT2D eigenvalue weighted by Gasteiger charge is 2.58. The maximum Gasteiger partial charge on any atom is 0.339 e. The van der Waals surface area contributed by atoms with Crippen LogP contribution in [0.4, 0.5) is 17.6 Å². The Hall–Kier alpha value is -3.14. The highest BCUT2D eigenvalue weighted by atomic mass is 19.3. The summed E-state index contributed by atoms with van der Waals surface area (Å²) in [4.78, 5) is 0. The van der Waals surface area contributed by atoms with Gasteiger partial charge in [-0.15, -0.1) is 13.2 Å². The Bertz CT molecular complexity index is 1030. The van der Waals surface area contributed by atoms with Crippen molar-refractivity contribution in [3.63, 3.8) is 0 Å². The second-order valence-electron chi connectivity index (χ2n) is 7.77. The SMILES string of the molecule is C=CCCc1ccc(-c2ccc(C(F)(F)C(F)(F)c3ccc(CCC=C)cc3)cc2)cc1. The quantitative estimate of drug-likeness (QED) is 0.220. The van der Waals surface area contributed by atoms with Gasteiger partial charge in [0, 0.05) is 11.1 Å². The largest absolute Gasteiger partial charge is 0.339 e. The molecule has 0 aliphatic carbocycles. The number of aryl methyl sites for hydroxylation is 2. The zero-order chi connectivity index (χ0) is 23.2. The van der Waals surface area contributed by atoms with Gasteiger partial charge < -0.3 is 0 Å². The summed E-state index contributed by atoms with van der Waals surface area (Å²) < 4.78 is 59.3. The summed E-state index contributed by atoms with van der Waals surface area (Å²) in [5, 5.41) is 0. The van der Waals surface area contributed by atoms with Crippen LogP contribution >= 0.6 is 0 Å². The van der Waals surface area contributed by atoms with Crippen molar-refractivity contribution in [2.24, 2.45) is 0 Å². The van der Waals surface area contributed by atoms with E-state index in [2.05, 4.69) is 13.2 Å². The summed E-state index contributed by atoms with van der Waals surface area (Å²) >= 11 is 0. The van der Waals surface area contributed by atoms with Crippen LogP contribution in [0.1, 0.15) is 35.1 Å². The van der Waals surface area contributed by atoms with Gasteiger partial charge >= 0.3 is 11.8 Å². The number of rotatable bonds is 10. The molecule has 4 heteroatoms. The molecule has 3 rings (SSSR count). The summed E-state index contributed by atoms with van der Waals surface area (Å²) in [5.41, 5.74) is 2.05. The Morgan fingerprint density at radius 1 is 0.531 bits per heavy atom. The van der Waals surface area contributed by atoms with Gasteiger partial charge in [0.1, 0.15) is 0 Å². The van der Waals surface area contributed by atoms with Gasteiger partial charge in [-0.05, 0) is 47.9 Å². The molecule has 0 heterocycles. The van der Waals surface area contributed by atoms with Crippen LogP contribution in [0.25, 0.3) is 11.1 Å². The standard InChI is InChI=1S/C28H26F4/c1-3-5-7-21-9-13-23(14-10-21)24-15-19-26(20-16-24)28(31,32)27(29,30)25-17-11-22(12-18-25)8-6-4-2/h3-4,9-20H,1-2,5-8H2. The molecule has 166 valence electrons. The average molecular weight is 439 g/mol. The monoisotopic (exact) mass is 438 g/mol. The summed E-state index contributed by atoms with van der Waals surface area (Å²) in [6, 6.07) is 17.9. The second-order valence-corrected chi connectivity index (χ2v) is 7.77. The van der Waals surface area contributed by atoms with Crippen LogP contribution in [0.5, 0.6) is 0 Å². The molecule has 0 N–H and O–H groups in total. The molecule has 0 unspecified atom stereocenters. The third-order valence-electron chi connectivity index (χ3n) is 5.52. The molecule has 0 saturated heterocycles. The fourth-order valence-corrected chi connectivity index (χ4v) is 3.52. The van der Waals surface area contributed by atoms with Gasteiger partial charge in [0.05, 0.1) is 0 Å². The van der Waals surface area contributed by atoms with Gasteiger partial charge in [0.2, 0.25) is 0 Å². The van der Waals surface area contributed by atoms with Crippen molar-refractivity contribution in [3.05, 3.63) is 120 Å². The number of halogens is 4. The lowest BCUT2D eigenvalue weighted by atomic mass is 9.93. The molecule has 0 spiro atoms. The lowest BCUT2D eigenvalue weighted by molar-refractivity contribution is -0.223. The van der Waals surface area contributed by atoms with Crippen molar-refractivity contribution in [1.29, 1.82) is 0 Å². The summed E-state index contributed by atoms with van der Waals surface area (Å²) in [6.45, 7) is 7.32. The lowest BCUT2D eigenvalue weighted by Gasteiger charge is -2.27. The lowest BCUT2D eigenvalue weighted by Crippen LogP contribution is -2.35. The van der Waals surface area contributed by atoms with Gasteiger partial charge in [-0.2, -0.15) is 17.6 Å². The molecule has 0 fully saturated rings. The third-order valence-corrected chi connectivity index (χ3v) is 5.52. The van der Waals surface area contributed by atoms with Crippen molar-refractivity contribution < 1.29 is 17.6 Å². The van der Waals surface area contributed by atoms with Crippen LogP contribution < -0.4 is 0 Å². The average Bonchev–Trinajstić information content (AvgIpc) is 2.82. The molecule has 0 nitrogen and oxygen atoms in total. The second kappa shape index (κ2) is 9.99. The van der Waals surface area contributed by atoms with Crippen molar-refractivity contribution in [1.82, 2.24) is 0 Å². The van der Waals surface area contributed by atoms with E-state index < -0.39 is 23.0 Å². The van der Waals surface area contributed by atoms with E-state index >= 15 is 0 Å². The first-order chi connectivity index (χ1) is 15.3. The first kappa shape index (κ1) is 23.5. The maximum absolute atomic E-state index is 14.9. The van der Waals surface area contributed by atoms with Gasteiger partial charge in [0.15, 0.2) is 0 Å². The van der Waals surface area contributed by atoms with E-state index in [0.29, 0.717) is 18.4 Å². The molecule has 3 aromatic rings. The van der Waals surface area contributed by atoms with Crippen molar-refractivity contribution in [2.75, 3.05) is 0 Å². The van der Waals surface area contributed by atoms with E-state index in [4.69, 9.17) is 0 Å². The maximum atomic E-state index is 14.9. The molecule has 0 bridgehead atoms. The van der Waals surface area contributed by atoms with Crippen molar-refractivity contribution in [3.8, 4) is 11.1 Å². The fourth-order valence-electron chi connectivity index (χ4n) is 3.52. The Morgan fingerprint density at radius 3 is 1.22 bits per heavy atom. The van der Waals surface area contributed by atoms with Crippen LogP contribution in [0.2, 0.25) is 0 Å². The summed E-state index contributed by atoms with van der Waals surface area (Å²) in [5.74, 6) is -8.68. The summed E-state index contributed by atoms with van der Waals surface area (Å²) in [6.07, 6.45) is 6.63. The Morgan fingerprint density at radius 2 is 0.844 bits per heavy atom. The predicted molar refractivity (Wildman–Crippen MR) is 123 cm³/mol. The molecule has 0 atom stereocenters. The van der Waals surface area contributed by atoms with Crippen molar-refractivity contribution >= 4 is 0 Å². The summed E-state index contributed by atoms with van der Waals surface area (Å²) in [7, 11) is 0. The van der Waals surface area contributed by atoms with E-state index in [1.54, 1.807) is 6.08 Å². The molecule has 0 aliphatic heterocycles. The number of alkyl halides is 4. The van der Waals surface area contributed by atoms with E-state index in [0.717, 1.165) is 53.8 Å². The van der Waals surface area contributed by atoms with Crippen LogP contribution in [0, 0.1) is 0 Å². The molecule has 0 aromatic heterocycles. The number of benzene rings is 3. The predicted octanol–water partition coefficient (Wildman–Crippen LogP) is 8.47. The Kier molecular flexibility index (Phi) is 7.34. The number of hydrogen-bond acceptors (Lipinski definition) is 0. The van der Waals surface area contributed by atoms with E-state index in [1.807, 2.05) is 30.3 Å². The third kappa shape index (κ3) is 5.01. The van der Waals surface area contributed by atoms with Crippen LogP contribution in [0.3, 0.4) is 0 Å².